The summed E-state index contributed by atoms with van der Waals surface area (Å²) in [5.74, 6) is 0.272. The van der Waals surface area contributed by atoms with Gasteiger partial charge in [0.15, 0.2) is 0 Å². The second kappa shape index (κ2) is 6.72. The Balaban J connectivity index is 1.73. The molecular weight excluding hydrogens is 322 g/mol. The molecule has 6 heteroatoms. The molecule has 0 amide bonds. The molecule has 0 fully saturated rings. The third-order valence-electron chi connectivity index (χ3n) is 3.36. The minimum absolute atomic E-state index is 0.203. The summed E-state index contributed by atoms with van der Waals surface area (Å²) in [6.45, 7) is 2.02. The summed E-state index contributed by atoms with van der Waals surface area (Å²) in [4.78, 5) is 4.36. The topological polar surface area (TPSA) is 71.1 Å². The molecule has 0 spiro atoms. The Hall–Kier alpha value is -2.86. The van der Waals surface area contributed by atoms with Crippen molar-refractivity contribution in [2.75, 3.05) is 10.0 Å². The summed E-state index contributed by atoms with van der Waals surface area (Å²) in [6.07, 6.45) is 1.59. The van der Waals surface area contributed by atoms with Crippen molar-refractivity contribution >= 4 is 27.2 Å². The van der Waals surface area contributed by atoms with Gasteiger partial charge in [-0.3, -0.25) is 4.72 Å². The van der Waals surface area contributed by atoms with E-state index < -0.39 is 10.0 Å². The van der Waals surface area contributed by atoms with Gasteiger partial charge in [0.05, 0.1) is 16.8 Å². The van der Waals surface area contributed by atoms with Gasteiger partial charge in [-0.25, -0.2) is 13.4 Å². The predicted octanol–water partition coefficient (Wildman–Crippen LogP) is 3.93. The molecule has 0 radical (unpaired) electrons. The molecule has 5 nitrogen and oxygen atoms in total. The largest absolute Gasteiger partial charge is 0.354 e. The van der Waals surface area contributed by atoms with Gasteiger partial charge in [-0.15, -0.1) is 0 Å². The Morgan fingerprint density at radius 3 is 2.33 bits per heavy atom. The highest BCUT2D eigenvalue weighted by atomic mass is 32.2. The van der Waals surface area contributed by atoms with Gasteiger partial charge in [0.25, 0.3) is 10.0 Å². The lowest BCUT2D eigenvalue weighted by Gasteiger charge is -2.09. The molecule has 2 N–H and O–H groups in total. The van der Waals surface area contributed by atoms with Gasteiger partial charge in [-0.05, 0) is 48.9 Å². The van der Waals surface area contributed by atoms with E-state index in [4.69, 9.17) is 0 Å². The second-order valence-electron chi connectivity index (χ2n) is 5.35. The number of aryl methyl sites for hydroxylation is 1. The Morgan fingerprint density at radius 1 is 0.875 bits per heavy atom. The average molecular weight is 339 g/mol. The Morgan fingerprint density at radius 2 is 1.67 bits per heavy atom. The van der Waals surface area contributed by atoms with Crippen LogP contribution in [0.1, 0.15) is 5.56 Å². The van der Waals surface area contributed by atoms with E-state index >= 15 is 0 Å². The zero-order chi connectivity index (χ0) is 17.0. The minimum Gasteiger partial charge on any atom is -0.354 e. The Bertz CT molecular complexity index is 924. The van der Waals surface area contributed by atoms with Crippen molar-refractivity contribution in [3.05, 3.63) is 78.5 Å². The zero-order valence-electron chi connectivity index (χ0n) is 13.1. The molecule has 3 rings (SSSR count). The van der Waals surface area contributed by atoms with Crippen LogP contribution in [0.4, 0.5) is 17.2 Å². The van der Waals surface area contributed by atoms with Crippen LogP contribution in [-0.4, -0.2) is 13.4 Å². The van der Waals surface area contributed by atoms with E-state index in [1.165, 1.54) is 12.1 Å². The van der Waals surface area contributed by atoms with Crippen molar-refractivity contribution in [2.24, 2.45) is 0 Å². The van der Waals surface area contributed by atoms with Crippen molar-refractivity contribution in [1.29, 1.82) is 0 Å². The molecule has 2 aromatic carbocycles. The molecule has 0 aliphatic rings. The molecule has 0 unspecified atom stereocenters. The minimum atomic E-state index is -3.62. The van der Waals surface area contributed by atoms with Gasteiger partial charge in [0.1, 0.15) is 5.82 Å². The van der Waals surface area contributed by atoms with E-state index in [1.54, 1.807) is 36.5 Å². The fourth-order valence-corrected chi connectivity index (χ4v) is 3.24. The summed E-state index contributed by atoms with van der Waals surface area (Å²) in [5, 5.41) is 3.23. The fraction of sp³-hybridized carbons (Fsp3) is 0.0556. The van der Waals surface area contributed by atoms with Crippen molar-refractivity contribution in [2.45, 2.75) is 11.8 Å². The molecule has 0 saturated carbocycles. The average Bonchev–Trinajstić information content (AvgIpc) is 2.57. The van der Waals surface area contributed by atoms with Crippen LogP contribution in [-0.2, 0) is 10.0 Å². The first-order chi connectivity index (χ1) is 11.5. The zero-order valence-corrected chi connectivity index (χ0v) is 13.9. The van der Waals surface area contributed by atoms with Gasteiger partial charge in [-0.2, -0.15) is 0 Å². The second-order valence-corrected chi connectivity index (χ2v) is 7.03. The lowest BCUT2D eigenvalue weighted by atomic mass is 10.2. The monoisotopic (exact) mass is 339 g/mol. The van der Waals surface area contributed by atoms with E-state index in [9.17, 15) is 8.42 Å². The quantitative estimate of drug-likeness (QED) is 0.739. The molecule has 0 saturated heterocycles. The first kappa shape index (κ1) is 16.0. The SMILES string of the molecule is Cc1cccc(Nc2ccc(NS(=O)(=O)c3ccccc3)nc2)c1. The van der Waals surface area contributed by atoms with Gasteiger partial charge < -0.3 is 5.32 Å². The van der Waals surface area contributed by atoms with Gasteiger partial charge in [-0.1, -0.05) is 30.3 Å². The summed E-state index contributed by atoms with van der Waals surface area (Å²) < 4.78 is 27.0. The maximum absolute atomic E-state index is 12.2. The van der Waals surface area contributed by atoms with Crippen LogP contribution in [0.2, 0.25) is 0 Å². The van der Waals surface area contributed by atoms with Crippen LogP contribution in [0.25, 0.3) is 0 Å². The number of hydrogen-bond donors (Lipinski definition) is 2. The molecule has 0 aliphatic carbocycles. The number of rotatable bonds is 5. The Labute approximate surface area is 141 Å². The van der Waals surface area contributed by atoms with Gasteiger partial charge in [0.2, 0.25) is 0 Å². The van der Waals surface area contributed by atoms with Crippen LogP contribution in [0.5, 0.6) is 0 Å². The van der Waals surface area contributed by atoms with Gasteiger partial charge >= 0.3 is 0 Å². The first-order valence-corrected chi connectivity index (χ1v) is 8.89. The number of anilines is 3. The number of benzene rings is 2. The number of sulfonamides is 1. The third-order valence-corrected chi connectivity index (χ3v) is 4.73. The third kappa shape index (κ3) is 3.91. The normalized spacial score (nSPS) is 11.0. The molecule has 3 aromatic rings. The van der Waals surface area contributed by atoms with Crippen molar-refractivity contribution in [3.63, 3.8) is 0 Å². The van der Waals surface area contributed by atoms with Crippen LogP contribution in [0.15, 0.2) is 77.8 Å². The van der Waals surface area contributed by atoms with E-state index in [2.05, 4.69) is 15.0 Å². The van der Waals surface area contributed by atoms with Crippen molar-refractivity contribution in [1.82, 2.24) is 4.98 Å². The van der Waals surface area contributed by atoms with E-state index in [0.29, 0.717) is 0 Å². The molecular formula is C18H17N3O2S. The fourth-order valence-electron chi connectivity index (χ4n) is 2.21. The highest BCUT2D eigenvalue weighted by Crippen LogP contribution is 2.19. The molecule has 0 aliphatic heterocycles. The van der Waals surface area contributed by atoms with Crippen LogP contribution in [0, 0.1) is 6.92 Å². The van der Waals surface area contributed by atoms with E-state index in [0.717, 1.165) is 16.9 Å². The van der Waals surface area contributed by atoms with E-state index in [-0.39, 0.29) is 10.7 Å². The molecule has 24 heavy (non-hydrogen) atoms. The molecule has 1 aromatic heterocycles. The number of hydrogen-bond acceptors (Lipinski definition) is 4. The highest BCUT2D eigenvalue weighted by molar-refractivity contribution is 7.92. The maximum atomic E-state index is 12.2. The van der Waals surface area contributed by atoms with Crippen LogP contribution >= 0.6 is 0 Å². The molecule has 122 valence electrons. The van der Waals surface area contributed by atoms with Gasteiger partial charge in [0, 0.05) is 5.69 Å². The number of nitrogens with zero attached hydrogens (tertiary/aromatic N) is 1. The first-order valence-electron chi connectivity index (χ1n) is 7.40. The Kier molecular flexibility index (Phi) is 4.48. The number of nitrogens with one attached hydrogen (secondary N) is 2. The number of pyridine rings is 1. The predicted molar refractivity (Wildman–Crippen MR) is 95.9 cm³/mol. The van der Waals surface area contributed by atoms with E-state index in [1.807, 2.05) is 31.2 Å². The highest BCUT2D eigenvalue weighted by Gasteiger charge is 2.13. The summed E-state index contributed by atoms with van der Waals surface area (Å²) in [6, 6.07) is 19.6. The lowest BCUT2D eigenvalue weighted by Crippen LogP contribution is -2.13. The van der Waals surface area contributed by atoms with Crippen molar-refractivity contribution < 1.29 is 8.42 Å². The summed E-state index contributed by atoms with van der Waals surface area (Å²) in [5.41, 5.74) is 2.89. The lowest BCUT2D eigenvalue weighted by molar-refractivity contribution is 0.601. The standard InChI is InChI=1S/C18H17N3O2S/c1-14-6-5-7-15(12-14)20-16-10-11-18(19-13-16)21-24(22,23)17-8-3-2-4-9-17/h2-13,20H,1H3,(H,19,21). The number of aromatic nitrogens is 1. The van der Waals surface area contributed by atoms with Crippen LogP contribution < -0.4 is 10.0 Å². The van der Waals surface area contributed by atoms with Crippen LogP contribution in [0.3, 0.4) is 0 Å². The molecule has 1 heterocycles. The van der Waals surface area contributed by atoms with Crippen molar-refractivity contribution in [3.8, 4) is 0 Å². The summed E-state index contributed by atoms with van der Waals surface area (Å²) in [7, 11) is -3.62. The smallest absolute Gasteiger partial charge is 0.263 e. The summed E-state index contributed by atoms with van der Waals surface area (Å²) >= 11 is 0. The maximum Gasteiger partial charge on any atom is 0.263 e. The molecule has 0 atom stereocenters. The molecule has 0 bridgehead atoms.